The number of thioether (sulfide) groups is 1. The molecule has 5 rings (SSSR count). The van der Waals surface area contributed by atoms with E-state index >= 15 is 0 Å². The summed E-state index contributed by atoms with van der Waals surface area (Å²) >= 11 is 1.28. The van der Waals surface area contributed by atoms with Gasteiger partial charge in [0.2, 0.25) is 0 Å². The number of methoxy groups -OCH3 is 1. The van der Waals surface area contributed by atoms with Gasteiger partial charge in [-0.2, -0.15) is 5.10 Å². The van der Waals surface area contributed by atoms with Gasteiger partial charge in [-0.05, 0) is 43.7 Å². The molecule has 12 heteroatoms. The van der Waals surface area contributed by atoms with Crippen LogP contribution in [-0.2, 0) is 0 Å². The number of aromatic nitrogens is 3. The van der Waals surface area contributed by atoms with Crippen molar-refractivity contribution in [2.45, 2.75) is 52.3 Å². The van der Waals surface area contributed by atoms with Crippen LogP contribution in [0.1, 0.15) is 60.8 Å². The molecule has 0 saturated heterocycles. The number of carbonyl (C=O) groups excluding carboxylic acids is 1. The smallest absolute Gasteiger partial charge is 0.280 e. The predicted molar refractivity (Wildman–Crippen MR) is 145 cm³/mol. The van der Waals surface area contributed by atoms with Crippen molar-refractivity contribution in [2.24, 2.45) is 11.0 Å². The highest BCUT2D eigenvalue weighted by Gasteiger charge is 2.26. The maximum atomic E-state index is 13.5. The highest BCUT2D eigenvalue weighted by atomic mass is 32.2. The summed E-state index contributed by atoms with van der Waals surface area (Å²) in [6.07, 6.45) is 1.97. The molecule has 0 radical (unpaired) electrons. The molecule has 3 aromatic heterocycles. The van der Waals surface area contributed by atoms with E-state index in [0.717, 1.165) is 12.8 Å². The minimum absolute atomic E-state index is 0.123. The fourth-order valence-electron chi connectivity index (χ4n) is 3.69. The summed E-state index contributed by atoms with van der Waals surface area (Å²) in [5.41, 5.74) is 4.09. The third-order valence-electron chi connectivity index (χ3n) is 5.64. The number of ether oxygens (including phenoxy) is 1. The van der Waals surface area contributed by atoms with Crippen molar-refractivity contribution in [2.75, 3.05) is 7.11 Å². The van der Waals surface area contributed by atoms with Gasteiger partial charge in [0.1, 0.15) is 17.1 Å². The molecule has 204 valence electrons. The number of amidine groups is 1. The predicted octanol–water partition coefficient (Wildman–Crippen LogP) is 5.46. The number of nitrogens with zero attached hydrogens (tertiary/aromatic N) is 4. The van der Waals surface area contributed by atoms with Crippen LogP contribution < -0.4 is 15.5 Å². The van der Waals surface area contributed by atoms with Crippen molar-refractivity contribution in [3.8, 4) is 40.2 Å². The molecule has 3 aromatic rings. The number of amides is 1. The molecule has 0 spiro atoms. The Kier molecular flexibility index (Phi) is 8.81. The van der Waals surface area contributed by atoms with Crippen LogP contribution in [0.2, 0.25) is 0 Å². The third kappa shape index (κ3) is 6.54. The van der Waals surface area contributed by atoms with Gasteiger partial charge >= 0.3 is 0 Å². The van der Waals surface area contributed by atoms with Gasteiger partial charge in [-0.3, -0.25) is 25.5 Å². The molecule has 9 nitrogen and oxygen atoms in total. The second-order valence-corrected chi connectivity index (χ2v) is 9.53. The molecule has 39 heavy (non-hydrogen) atoms. The number of hydrogen-bond acceptors (Lipinski definition) is 9. The molecule has 1 saturated carbocycles. The molecule has 0 aromatic carbocycles. The number of aryl methyl sites for hydroxylation is 2. The monoisotopic (exact) mass is 554 g/mol. The zero-order valence-corrected chi connectivity index (χ0v) is 22.9. The van der Waals surface area contributed by atoms with Crippen LogP contribution in [-0.4, -0.2) is 38.5 Å². The van der Waals surface area contributed by atoms with Crippen molar-refractivity contribution in [1.29, 1.82) is 0 Å². The molecule has 2 aliphatic rings. The average Bonchev–Trinajstić information content (AvgIpc) is 3.57. The Bertz CT molecular complexity index is 1460. The SMILES string of the molecule is CC.COc1cnc(C(F)F)cc1-c1cc(-c2oc(C)nc2C)ncc1C(=O)NC1=NNC(C#CC2CC2)S1. The molecular formula is C27H28F2N6O3S. The molecule has 1 fully saturated rings. The Morgan fingerprint density at radius 1 is 1.18 bits per heavy atom. The number of alkyl halides is 2. The summed E-state index contributed by atoms with van der Waals surface area (Å²) in [5.74, 6) is 7.25. The summed E-state index contributed by atoms with van der Waals surface area (Å²) in [7, 11) is 1.40. The lowest BCUT2D eigenvalue weighted by Crippen LogP contribution is -2.28. The number of nitrogens with one attached hydrogen (secondary N) is 2. The van der Waals surface area contributed by atoms with E-state index in [1.165, 1.54) is 37.3 Å². The summed E-state index contributed by atoms with van der Waals surface area (Å²) < 4.78 is 38.1. The van der Waals surface area contributed by atoms with Gasteiger partial charge < -0.3 is 9.15 Å². The van der Waals surface area contributed by atoms with Gasteiger partial charge in [0.15, 0.2) is 22.2 Å². The zero-order chi connectivity index (χ0) is 28.1. The fraction of sp³-hybridized carbons (Fsp3) is 0.370. The Morgan fingerprint density at radius 3 is 2.59 bits per heavy atom. The zero-order valence-electron chi connectivity index (χ0n) is 22.1. The van der Waals surface area contributed by atoms with Crippen molar-refractivity contribution in [3.63, 3.8) is 0 Å². The minimum Gasteiger partial charge on any atom is -0.494 e. The number of rotatable bonds is 5. The Balaban J connectivity index is 0.00000172. The van der Waals surface area contributed by atoms with Crippen LogP contribution >= 0.6 is 11.8 Å². The molecule has 0 bridgehead atoms. The van der Waals surface area contributed by atoms with Crippen LogP contribution in [0.5, 0.6) is 5.75 Å². The first-order chi connectivity index (χ1) is 18.8. The molecule has 1 aliphatic carbocycles. The Labute approximate surface area is 229 Å². The quantitative estimate of drug-likeness (QED) is 0.400. The van der Waals surface area contributed by atoms with Gasteiger partial charge in [-0.15, -0.1) is 0 Å². The van der Waals surface area contributed by atoms with Crippen molar-refractivity contribution in [3.05, 3.63) is 47.4 Å². The summed E-state index contributed by atoms with van der Waals surface area (Å²) in [5, 5.41) is 6.98. The van der Waals surface area contributed by atoms with Crippen LogP contribution in [0.4, 0.5) is 8.78 Å². The lowest BCUT2D eigenvalue weighted by molar-refractivity contribution is 0.0978. The second kappa shape index (κ2) is 12.3. The minimum atomic E-state index is -2.81. The summed E-state index contributed by atoms with van der Waals surface area (Å²) in [6.45, 7) is 7.47. The summed E-state index contributed by atoms with van der Waals surface area (Å²) in [4.78, 5) is 25.8. The van der Waals surface area contributed by atoms with Crippen LogP contribution in [0.25, 0.3) is 22.6 Å². The van der Waals surface area contributed by atoms with E-state index in [-0.39, 0.29) is 22.3 Å². The van der Waals surface area contributed by atoms with Crippen molar-refractivity contribution in [1.82, 2.24) is 25.7 Å². The molecule has 1 amide bonds. The highest BCUT2D eigenvalue weighted by Crippen LogP contribution is 2.37. The van der Waals surface area contributed by atoms with Gasteiger partial charge in [0.05, 0.1) is 24.6 Å². The molecular weight excluding hydrogens is 526 g/mol. The molecule has 2 N–H and O–H groups in total. The van der Waals surface area contributed by atoms with E-state index in [1.54, 1.807) is 19.9 Å². The number of hydrazone groups is 1. The van der Waals surface area contributed by atoms with E-state index < -0.39 is 18.0 Å². The van der Waals surface area contributed by atoms with E-state index in [0.29, 0.717) is 39.7 Å². The molecule has 1 unspecified atom stereocenters. The molecule has 1 atom stereocenters. The fourth-order valence-corrected chi connectivity index (χ4v) is 4.40. The maximum absolute atomic E-state index is 13.5. The topological polar surface area (TPSA) is 115 Å². The van der Waals surface area contributed by atoms with E-state index in [2.05, 4.69) is 42.6 Å². The third-order valence-corrected chi connectivity index (χ3v) is 6.51. The number of halogens is 2. The second-order valence-electron chi connectivity index (χ2n) is 8.43. The van der Waals surface area contributed by atoms with E-state index in [9.17, 15) is 13.6 Å². The van der Waals surface area contributed by atoms with Gasteiger partial charge in [0, 0.05) is 30.2 Å². The van der Waals surface area contributed by atoms with E-state index in [4.69, 9.17) is 9.15 Å². The van der Waals surface area contributed by atoms with Crippen molar-refractivity contribution >= 4 is 22.8 Å². The van der Waals surface area contributed by atoms with E-state index in [1.807, 2.05) is 13.8 Å². The number of hydrogen-bond donors (Lipinski definition) is 2. The normalized spacial score (nSPS) is 15.9. The van der Waals surface area contributed by atoms with Gasteiger partial charge in [-0.1, -0.05) is 25.7 Å². The first-order valence-electron chi connectivity index (χ1n) is 12.4. The Hall–Kier alpha value is -3.98. The lowest BCUT2D eigenvalue weighted by atomic mass is 9.98. The average molecular weight is 555 g/mol. The van der Waals surface area contributed by atoms with Gasteiger partial charge in [0.25, 0.3) is 12.3 Å². The first kappa shape index (κ1) is 28.0. The first-order valence-corrected chi connectivity index (χ1v) is 13.3. The molecule has 1 aliphatic heterocycles. The van der Waals surface area contributed by atoms with Crippen LogP contribution in [0.15, 0.2) is 34.0 Å². The standard InChI is InChI=1S/C25H22F2N6O3S.C2H6/c1-12-22(36-13(2)30-12)18-8-15(16-9-19(23(26)27)29-11-20(16)35-3)17(10-28-18)24(34)31-25-33-32-21(37-25)7-6-14-4-5-14;1-2/h8-11,14,21,23,32H,4-5H2,1-3H3,(H,31,33,34);1-2H3. The highest BCUT2D eigenvalue weighted by molar-refractivity contribution is 8.14. The summed E-state index contributed by atoms with van der Waals surface area (Å²) in [6, 6.07) is 2.78. The Morgan fingerprint density at radius 2 is 1.95 bits per heavy atom. The number of carbonyl (C=O) groups is 1. The van der Waals surface area contributed by atoms with Crippen LogP contribution in [0.3, 0.4) is 0 Å². The lowest BCUT2D eigenvalue weighted by Gasteiger charge is -2.15. The van der Waals surface area contributed by atoms with Crippen molar-refractivity contribution < 1.29 is 22.7 Å². The largest absolute Gasteiger partial charge is 0.494 e. The number of oxazole rings is 1. The van der Waals surface area contributed by atoms with Gasteiger partial charge in [-0.25, -0.2) is 13.8 Å². The maximum Gasteiger partial charge on any atom is 0.280 e. The van der Waals surface area contributed by atoms with Crippen LogP contribution in [0, 0.1) is 31.6 Å². The molecule has 4 heterocycles. The number of pyridine rings is 2.